The molecule has 0 aliphatic rings. The Morgan fingerprint density at radius 2 is 1.65 bits per heavy atom. The van der Waals surface area contributed by atoms with Crippen molar-refractivity contribution in [2.45, 2.75) is 11.8 Å². The van der Waals surface area contributed by atoms with E-state index in [1.165, 1.54) is 31.2 Å². The van der Waals surface area contributed by atoms with Crippen LogP contribution in [0.5, 0.6) is 0 Å². The maximum Gasteiger partial charge on any atom is 0.339 e. The molecule has 2 rings (SSSR count). The molecule has 0 fully saturated rings. The number of carbonyl (C=O) groups excluding carboxylic acids is 2. The predicted octanol–water partition coefficient (Wildman–Crippen LogP) is 2.55. The second-order valence-electron chi connectivity index (χ2n) is 5.12. The second kappa shape index (κ2) is 8.05. The van der Waals surface area contributed by atoms with Gasteiger partial charge in [0.1, 0.15) is 17.3 Å². The molecule has 2 aromatic carbocycles. The van der Waals surface area contributed by atoms with Crippen molar-refractivity contribution in [3.05, 3.63) is 59.7 Å². The summed E-state index contributed by atoms with van der Waals surface area (Å²) in [4.78, 5) is 23.6. The summed E-state index contributed by atoms with van der Waals surface area (Å²) < 4.78 is 55.7. The Kier molecular flexibility index (Phi) is 6.04. The van der Waals surface area contributed by atoms with E-state index in [1.807, 2.05) is 5.32 Å². The molecular formula is C17H15F2NO5S. The molecule has 0 spiro atoms. The first-order valence-corrected chi connectivity index (χ1v) is 9.14. The van der Waals surface area contributed by atoms with Crippen LogP contribution in [0.25, 0.3) is 0 Å². The van der Waals surface area contributed by atoms with Gasteiger partial charge in [-0.1, -0.05) is 25.1 Å². The Labute approximate surface area is 148 Å². The fourth-order valence-electron chi connectivity index (χ4n) is 2.06. The zero-order valence-corrected chi connectivity index (χ0v) is 14.5. The van der Waals surface area contributed by atoms with Gasteiger partial charge in [0.2, 0.25) is 0 Å². The van der Waals surface area contributed by atoms with Crippen LogP contribution >= 0.6 is 0 Å². The number of hydrogen-bond acceptors (Lipinski definition) is 5. The van der Waals surface area contributed by atoms with E-state index in [1.54, 1.807) is 0 Å². The first kappa shape index (κ1) is 19.5. The third-order valence-corrected chi connectivity index (χ3v) is 5.17. The fraction of sp³-hybridized carbons (Fsp3) is 0.176. The minimum Gasteiger partial charge on any atom is -0.452 e. The van der Waals surface area contributed by atoms with Crippen molar-refractivity contribution >= 4 is 27.4 Å². The number of hydrogen-bond donors (Lipinski definition) is 1. The van der Waals surface area contributed by atoms with E-state index in [0.29, 0.717) is 0 Å². The van der Waals surface area contributed by atoms with Gasteiger partial charge in [0.15, 0.2) is 16.4 Å². The van der Waals surface area contributed by atoms with Crippen LogP contribution in [0.2, 0.25) is 0 Å². The molecule has 0 atom stereocenters. The van der Waals surface area contributed by atoms with Gasteiger partial charge >= 0.3 is 5.97 Å². The van der Waals surface area contributed by atoms with Crippen molar-refractivity contribution in [2.75, 3.05) is 17.7 Å². The van der Waals surface area contributed by atoms with E-state index >= 15 is 0 Å². The van der Waals surface area contributed by atoms with Crippen molar-refractivity contribution in [3.63, 3.8) is 0 Å². The molecular weight excluding hydrogens is 368 g/mol. The topological polar surface area (TPSA) is 89.5 Å². The van der Waals surface area contributed by atoms with Crippen LogP contribution in [0.1, 0.15) is 17.3 Å². The Morgan fingerprint density at radius 1 is 1.04 bits per heavy atom. The SMILES string of the molecule is CCS(=O)(=O)c1ccccc1C(=O)OCC(=O)Nc1c(F)cccc1F. The highest BCUT2D eigenvalue weighted by atomic mass is 32.2. The maximum atomic E-state index is 13.5. The maximum absolute atomic E-state index is 13.5. The molecule has 0 unspecified atom stereocenters. The van der Waals surface area contributed by atoms with Crippen LogP contribution in [-0.4, -0.2) is 32.7 Å². The number of benzene rings is 2. The highest BCUT2D eigenvalue weighted by Crippen LogP contribution is 2.19. The first-order valence-electron chi connectivity index (χ1n) is 7.49. The summed E-state index contributed by atoms with van der Waals surface area (Å²) in [6.07, 6.45) is 0. The average Bonchev–Trinajstić information content (AvgIpc) is 2.63. The number of para-hydroxylation sites is 1. The molecule has 0 aliphatic heterocycles. The zero-order valence-electron chi connectivity index (χ0n) is 13.7. The molecule has 0 heterocycles. The standard InChI is InChI=1S/C17H15F2NO5S/c1-2-26(23,24)14-9-4-3-6-11(14)17(22)25-10-15(21)20-16-12(18)7-5-8-13(16)19/h3-9H,2,10H2,1H3,(H,20,21). The van der Waals surface area contributed by atoms with Crippen LogP contribution in [0.4, 0.5) is 14.5 Å². The van der Waals surface area contributed by atoms with E-state index < -0.39 is 45.6 Å². The summed E-state index contributed by atoms with van der Waals surface area (Å²) in [5.41, 5.74) is -0.887. The Balaban J connectivity index is 2.09. The highest BCUT2D eigenvalue weighted by Gasteiger charge is 2.22. The molecule has 6 nitrogen and oxygen atoms in total. The van der Waals surface area contributed by atoms with Gasteiger partial charge in [0.25, 0.3) is 5.91 Å². The minimum atomic E-state index is -3.67. The van der Waals surface area contributed by atoms with Crippen LogP contribution in [0, 0.1) is 11.6 Å². The Morgan fingerprint density at radius 3 is 2.27 bits per heavy atom. The van der Waals surface area contributed by atoms with E-state index in [0.717, 1.165) is 18.2 Å². The van der Waals surface area contributed by atoms with Gasteiger partial charge < -0.3 is 10.1 Å². The first-order chi connectivity index (χ1) is 12.3. The number of carbonyl (C=O) groups is 2. The average molecular weight is 383 g/mol. The molecule has 2 aromatic rings. The number of esters is 1. The number of amides is 1. The molecule has 138 valence electrons. The van der Waals surface area contributed by atoms with Crippen LogP contribution in [0.15, 0.2) is 47.4 Å². The largest absolute Gasteiger partial charge is 0.452 e. The van der Waals surface area contributed by atoms with Crippen molar-refractivity contribution in [2.24, 2.45) is 0 Å². The quantitative estimate of drug-likeness (QED) is 0.775. The third kappa shape index (κ3) is 4.42. The number of halogens is 2. The van der Waals surface area contributed by atoms with Crippen molar-refractivity contribution < 1.29 is 31.5 Å². The van der Waals surface area contributed by atoms with Gasteiger partial charge in [0.05, 0.1) is 16.2 Å². The van der Waals surface area contributed by atoms with Gasteiger partial charge in [-0.05, 0) is 24.3 Å². The molecule has 0 aromatic heterocycles. The molecule has 26 heavy (non-hydrogen) atoms. The Bertz CT molecular complexity index is 924. The van der Waals surface area contributed by atoms with Crippen molar-refractivity contribution in [3.8, 4) is 0 Å². The molecule has 1 amide bonds. The lowest BCUT2D eigenvalue weighted by Crippen LogP contribution is -2.23. The highest BCUT2D eigenvalue weighted by molar-refractivity contribution is 7.91. The zero-order chi connectivity index (χ0) is 19.3. The monoisotopic (exact) mass is 383 g/mol. The third-order valence-electron chi connectivity index (χ3n) is 3.38. The van der Waals surface area contributed by atoms with Gasteiger partial charge in [-0.3, -0.25) is 4.79 Å². The van der Waals surface area contributed by atoms with Crippen LogP contribution < -0.4 is 5.32 Å². The predicted molar refractivity (Wildman–Crippen MR) is 89.4 cm³/mol. The van der Waals surface area contributed by atoms with Crippen molar-refractivity contribution in [1.29, 1.82) is 0 Å². The molecule has 9 heteroatoms. The number of anilines is 1. The lowest BCUT2D eigenvalue weighted by Gasteiger charge is -2.10. The normalized spacial score (nSPS) is 11.0. The summed E-state index contributed by atoms with van der Waals surface area (Å²) in [5, 5.41) is 1.96. The summed E-state index contributed by atoms with van der Waals surface area (Å²) >= 11 is 0. The van der Waals surface area contributed by atoms with E-state index in [-0.39, 0.29) is 16.2 Å². The Hall–Kier alpha value is -2.81. The lowest BCUT2D eigenvalue weighted by atomic mass is 10.2. The number of ether oxygens (including phenoxy) is 1. The number of rotatable bonds is 6. The van der Waals surface area contributed by atoms with E-state index in [4.69, 9.17) is 4.74 Å². The van der Waals surface area contributed by atoms with Gasteiger partial charge in [-0.25, -0.2) is 22.0 Å². The van der Waals surface area contributed by atoms with E-state index in [9.17, 15) is 26.8 Å². The molecule has 0 bridgehead atoms. The van der Waals surface area contributed by atoms with Crippen LogP contribution in [-0.2, 0) is 19.4 Å². The molecule has 0 saturated heterocycles. The summed E-state index contributed by atoms with van der Waals surface area (Å²) in [6, 6.07) is 8.44. The molecule has 0 aliphatic carbocycles. The molecule has 0 radical (unpaired) electrons. The van der Waals surface area contributed by atoms with Gasteiger partial charge in [-0.2, -0.15) is 0 Å². The minimum absolute atomic E-state index is 0.215. The van der Waals surface area contributed by atoms with Gasteiger partial charge in [0, 0.05) is 0 Å². The fourth-order valence-corrected chi connectivity index (χ4v) is 3.15. The summed E-state index contributed by atoms with van der Waals surface area (Å²) in [6.45, 7) is 0.584. The van der Waals surface area contributed by atoms with Crippen LogP contribution in [0.3, 0.4) is 0 Å². The molecule has 0 saturated carbocycles. The van der Waals surface area contributed by atoms with Crippen molar-refractivity contribution in [1.82, 2.24) is 0 Å². The summed E-state index contributed by atoms with van der Waals surface area (Å²) in [5.74, 6) is -4.20. The second-order valence-corrected chi connectivity index (χ2v) is 7.37. The summed E-state index contributed by atoms with van der Waals surface area (Å²) in [7, 11) is -3.67. The van der Waals surface area contributed by atoms with Gasteiger partial charge in [-0.15, -0.1) is 0 Å². The lowest BCUT2D eigenvalue weighted by molar-refractivity contribution is -0.119. The molecule has 1 N–H and O–H groups in total. The van der Waals surface area contributed by atoms with E-state index in [2.05, 4.69) is 0 Å². The number of sulfone groups is 1. The smallest absolute Gasteiger partial charge is 0.339 e. The number of nitrogens with one attached hydrogen (secondary N) is 1.